The fourth-order valence-corrected chi connectivity index (χ4v) is 3.49. The summed E-state index contributed by atoms with van der Waals surface area (Å²) in [5, 5.41) is 7.41. The number of amides is 1. The molecule has 0 unspecified atom stereocenters. The van der Waals surface area contributed by atoms with Crippen LogP contribution in [0.4, 0.5) is 0 Å². The second-order valence-electron chi connectivity index (χ2n) is 6.94. The molecule has 0 radical (unpaired) electrons. The Morgan fingerprint density at radius 2 is 2.00 bits per heavy atom. The van der Waals surface area contributed by atoms with Gasteiger partial charge in [0.1, 0.15) is 0 Å². The Morgan fingerprint density at radius 1 is 1.27 bits per heavy atom. The molecule has 3 rings (SSSR count). The summed E-state index contributed by atoms with van der Waals surface area (Å²) in [4.78, 5) is 25.3. The van der Waals surface area contributed by atoms with Gasteiger partial charge in [-0.2, -0.15) is 9.78 Å². The van der Waals surface area contributed by atoms with Gasteiger partial charge in [0, 0.05) is 6.04 Å². The first kappa shape index (κ1) is 18.2. The summed E-state index contributed by atoms with van der Waals surface area (Å²) in [6.45, 7) is 4.06. The molecule has 6 heteroatoms. The number of carbonyl (C=O) groups excluding carboxylic acids is 1. The molecule has 1 aliphatic rings. The number of aromatic nitrogens is 2. The van der Waals surface area contributed by atoms with E-state index in [2.05, 4.69) is 17.3 Å². The third-order valence-corrected chi connectivity index (χ3v) is 5.10. The topological polar surface area (TPSA) is 73.2 Å². The van der Waals surface area contributed by atoms with Crippen LogP contribution in [0.5, 0.6) is 5.75 Å². The number of hydrogen-bond acceptors (Lipinski definition) is 4. The van der Waals surface area contributed by atoms with E-state index < -0.39 is 0 Å². The Hall–Kier alpha value is -2.63. The Morgan fingerprint density at radius 3 is 2.69 bits per heavy atom. The van der Waals surface area contributed by atoms with Crippen LogP contribution >= 0.6 is 0 Å². The monoisotopic (exact) mass is 355 g/mol. The van der Waals surface area contributed by atoms with E-state index in [1.807, 2.05) is 25.1 Å². The molecule has 1 aromatic heterocycles. The number of nitrogens with one attached hydrogen (secondary N) is 1. The first-order chi connectivity index (χ1) is 12.5. The summed E-state index contributed by atoms with van der Waals surface area (Å²) >= 11 is 0. The molecule has 0 aliphatic heterocycles. The van der Waals surface area contributed by atoms with Crippen LogP contribution in [0.3, 0.4) is 0 Å². The van der Waals surface area contributed by atoms with Crippen LogP contribution in [-0.2, 0) is 0 Å². The molecule has 1 aromatic carbocycles. The van der Waals surface area contributed by atoms with Crippen LogP contribution in [0.15, 0.2) is 35.1 Å². The molecule has 2 atom stereocenters. The Labute approximate surface area is 153 Å². The fraction of sp³-hybridized carbons (Fsp3) is 0.450. The van der Waals surface area contributed by atoms with Crippen molar-refractivity contribution in [2.75, 3.05) is 7.11 Å². The molecule has 1 fully saturated rings. The Bertz CT molecular complexity index is 860. The molecule has 6 nitrogen and oxygen atoms in total. The summed E-state index contributed by atoms with van der Waals surface area (Å²) in [7, 11) is 1.44. The highest BCUT2D eigenvalue weighted by Gasteiger charge is 2.26. The molecule has 1 aliphatic carbocycles. The molecule has 1 saturated carbocycles. The molecule has 0 saturated heterocycles. The van der Waals surface area contributed by atoms with Gasteiger partial charge in [-0.1, -0.05) is 38.0 Å². The second kappa shape index (κ2) is 7.72. The van der Waals surface area contributed by atoms with E-state index in [4.69, 9.17) is 4.74 Å². The molecule has 0 spiro atoms. The molecule has 1 heterocycles. The number of hydrogen-bond donors (Lipinski definition) is 1. The maximum Gasteiger partial charge on any atom is 0.275 e. The predicted molar refractivity (Wildman–Crippen MR) is 100 cm³/mol. The minimum atomic E-state index is -0.335. The Kier molecular flexibility index (Phi) is 5.40. The second-order valence-corrected chi connectivity index (χ2v) is 6.94. The van der Waals surface area contributed by atoms with E-state index in [1.165, 1.54) is 24.3 Å². The van der Waals surface area contributed by atoms with Gasteiger partial charge in [0.2, 0.25) is 0 Å². The van der Waals surface area contributed by atoms with E-state index in [-0.39, 0.29) is 29.0 Å². The van der Waals surface area contributed by atoms with E-state index >= 15 is 0 Å². The number of carbonyl (C=O) groups is 1. The fourth-order valence-electron chi connectivity index (χ4n) is 3.49. The number of para-hydroxylation sites is 1. The first-order valence-electron chi connectivity index (χ1n) is 9.06. The molecule has 138 valence electrons. The van der Waals surface area contributed by atoms with Gasteiger partial charge in [-0.05, 0) is 37.3 Å². The number of nitrogens with zero attached hydrogens (tertiary/aromatic N) is 2. The minimum absolute atomic E-state index is 0.126. The number of benzene rings is 1. The summed E-state index contributed by atoms with van der Waals surface area (Å²) in [6.07, 6.45) is 4.39. The quantitative estimate of drug-likeness (QED) is 0.915. The molecule has 2 aromatic rings. The average Bonchev–Trinajstić information content (AvgIpc) is 2.64. The van der Waals surface area contributed by atoms with Gasteiger partial charge in [-0.3, -0.25) is 9.59 Å². The smallest absolute Gasteiger partial charge is 0.275 e. The van der Waals surface area contributed by atoms with Crippen LogP contribution in [0, 0.1) is 12.8 Å². The first-order valence-corrected chi connectivity index (χ1v) is 9.06. The minimum Gasteiger partial charge on any atom is -0.494 e. The molecule has 1 amide bonds. The summed E-state index contributed by atoms with van der Waals surface area (Å²) in [5.74, 6) is 0.324. The zero-order valence-electron chi connectivity index (χ0n) is 15.5. The van der Waals surface area contributed by atoms with Gasteiger partial charge in [-0.15, -0.1) is 0 Å². The van der Waals surface area contributed by atoms with Crippen LogP contribution in [0.1, 0.15) is 48.7 Å². The van der Waals surface area contributed by atoms with Gasteiger partial charge in [0.05, 0.1) is 18.9 Å². The maximum absolute atomic E-state index is 12.8. The highest BCUT2D eigenvalue weighted by Crippen LogP contribution is 2.24. The van der Waals surface area contributed by atoms with E-state index in [0.717, 1.165) is 24.8 Å². The van der Waals surface area contributed by atoms with Crippen LogP contribution < -0.4 is 15.6 Å². The zero-order valence-corrected chi connectivity index (χ0v) is 15.5. The van der Waals surface area contributed by atoms with Crippen molar-refractivity contribution >= 4 is 5.91 Å². The van der Waals surface area contributed by atoms with Crippen molar-refractivity contribution in [1.29, 1.82) is 0 Å². The van der Waals surface area contributed by atoms with Gasteiger partial charge in [0.15, 0.2) is 11.4 Å². The van der Waals surface area contributed by atoms with Gasteiger partial charge in [-0.25, -0.2) is 0 Å². The third kappa shape index (κ3) is 3.64. The van der Waals surface area contributed by atoms with Crippen LogP contribution in [0.2, 0.25) is 0 Å². The normalized spacial score (nSPS) is 19.8. The average molecular weight is 355 g/mol. The lowest BCUT2D eigenvalue weighted by Crippen LogP contribution is -2.42. The van der Waals surface area contributed by atoms with Crippen molar-refractivity contribution in [2.24, 2.45) is 5.92 Å². The highest BCUT2D eigenvalue weighted by atomic mass is 16.5. The lowest BCUT2D eigenvalue weighted by Gasteiger charge is -2.29. The summed E-state index contributed by atoms with van der Waals surface area (Å²) < 4.78 is 6.51. The molecule has 0 bridgehead atoms. The van der Waals surface area contributed by atoms with Crippen molar-refractivity contribution < 1.29 is 9.53 Å². The largest absolute Gasteiger partial charge is 0.494 e. The van der Waals surface area contributed by atoms with Crippen molar-refractivity contribution in [3.63, 3.8) is 0 Å². The SMILES string of the molecule is COc1cc(=O)n(-c2ccccc2C)nc1C(=O)N[C@@H]1CCCC[C@@H]1C. The third-order valence-electron chi connectivity index (χ3n) is 5.10. The number of rotatable bonds is 4. The highest BCUT2D eigenvalue weighted by molar-refractivity contribution is 5.95. The van der Waals surface area contributed by atoms with Crippen LogP contribution in [0.25, 0.3) is 5.69 Å². The van der Waals surface area contributed by atoms with Crippen molar-refractivity contribution in [1.82, 2.24) is 15.1 Å². The predicted octanol–water partition coefficient (Wildman–Crippen LogP) is 2.86. The summed E-state index contributed by atoms with van der Waals surface area (Å²) in [6, 6.07) is 8.88. The number of aryl methyl sites for hydroxylation is 1. The maximum atomic E-state index is 12.8. The number of ether oxygens (including phenoxy) is 1. The van der Waals surface area contributed by atoms with Crippen molar-refractivity contribution in [2.45, 2.75) is 45.6 Å². The van der Waals surface area contributed by atoms with Gasteiger partial charge < -0.3 is 10.1 Å². The molecular formula is C20H25N3O3. The Balaban J connectivity index is 1.98. The van der Waals surface area contributed by atoms with Crippen LogP contribution in [-0.4, -0.2) is 28.8 Å². The van der Waals surface area contributed by atoms with Gasteiger partial charge >= 0.3 is 0 Å². The van der Waals surface area contributed by atoms with Gasteiger partial charge in [0.25, 0.3) is 11.5 Å². The van der Waals surface area contributed by atoms with E-state index in [1.54, 1.807) is 6.07 Å². The lowest BCUT2D eigenvalue weighted by molar-refractivity contribution is 0.0899. The summed E-state index contributed by atoms with van der Waals surface area (Å²) in [5.41, 5.74) is 1.35. The molecule has 1 N–H and O–H groups in total. The van der Waals surface area contributed by atoms with Crippen molar-refractivity contribution in [3.05, 3.63) is 51.9 Å². The standard InChI is InChI=1S/C20H25N3O3/c1-13-8-4-6-10-15(13)21-20(25)19-17(26-3)12-18(24)23(22-19)16-11-7-5-9-14(16)2/h5,7,9,11-13,15H,4,6,8,10H2,1-3H3,(H,21,25)/t13-,15+/m0/s1. The molecular weight excluding hydrogens is 330 g/mol. The molecule has 26 heavy (non-hydrogen) atoms. The van der Waals surface area contributed by atoms with Crippen molar-refractivity contribution in [3.8, 4) is 11.4 Å². The van der Waals surface area contributed by atoms with E-state index in [9.17, 15) is 9.59 Å². The van der Waals surface area contributed by atoms with E-state index in [0.29, 0.717) is 11.6 Å². The number of methoxy groups -OCH3 is 1. The zero-order chi connectivity index (χ0) is 18.7. The lowest BCUT2D eigenvalue weighted by atomic mass is 9.86.